The first-order chi connectivity index (χ1) is 10.2. The Morgan fingerprint density at radius 3 is 2.95 bits per heavy atom. The summed E-state index contributed by atoms with van der Waals surface area (Å²) in [5.41, 5.74) is 1.16. The van der Waals surface area contributed by atoms with Gasteiger partial charge in [0.2, 0.25) is 5.91 Å². The molecule has 0 aromatic carbocycles. The molecule has 2 rings (SSSR count). The van der Waals surface area contributed by atoms with Crippen LogP contribution in [-0.2, 0) is 22.5 Å². The largest absolute Gasteiger partial charge is 0.384 e. The fourth-order valence-electron chi connectivity index (χ4n) is 2.54. The summed E-state index contributed by atoms with van der Waals surface area (Å²) < 4.78 is 4.98. The van der Waals surface area contributed by atoms with Gasteiger partial charge in [0, 0.05) is 45.2 Å². The van der Waals surface area contributed by atoms with E-state index in [1.54, 1.807) is 18.4 Å². The summed E-state index contributed by atoms with van der Waals surface area (Å²) in [5.74, 6) is 0.209. The Hall–Kier alpha value is -0.980. The van der Waals surface area contributed by atoms with Crippen LogP contribution in [0.1, 0.15) is 30.5 Å². The molecule has 1 saturated heterocycles. The topological polar surface area (TPSA) is 45.7 Å². The van der Waals surface area contributed by atoms with Crippen LogP contribution in [0.5, 0.6) is 0 Å². The number of methoxy groups -OCH3 is 1. The lowest BCUT2D eigenvalue weighted by Gasteiger charge is -2.21. The molecule has 21 heavy (non-hydrogen) atoms. The second-order valence-corrected chi connectivity index (χ2v) is 6.28. The first kappa shape index (κ1) is 16.4. The molecule has 6 heteroatoms. The number of ether oxygens (including phenoxy) is 1. The first-order valence-electron chi connectivity index (χ1n) is 7.65. The zero-order valence-corrected chi connectivity index (χ0v) is 13.8. The summed E-state index contributed by atoms with van der Waals surface area (Å²) >= 11 is 1.74. The van der Waals surface area contributed by atoms with Crippen LogP contribution in [0.4, 0.5) is 0 Å². The standard InChI is InChI=1S/C15H25N3O2S/c1-3-14-16-13(12-21-14)11-17-6-4-7-18(9-8-17)15(19)5-10-20-2/h12H,3-11H2,1-2H3. The smallest absolute Gasteiger partial charge is 0.224 e. The molecule has 5 nitrogen and oxygen atoms in total. The molecule has 1 aromatic rings. The Bertz CT molecular complexity index is 450. The number of carbonyl (C=O) groups excluding carboxylic acids is 1. The molecule has 0 N–H and O–H groups in total. The van der Waals surface area contributed by atoms with Gasteiger partial charge in [0.15, 0.2) is 0 Å². The Morgan fingerprint density at radius 2 is 2.24 bits per heavy atom. The average molecular weight is 311 g/mol. The molecule has 1 aliphatic heterocycles. The Kier molecular flexibility index (Phi) is 6.60. The maximum atomic E-state index is 12.0. The molecule has 1 amide bonds. The number of aryl methyl sites for hydroxylation is 1. The van der Waals surface area contributed by atoms with Gasteiger partial charge in [0.05, 0.1) is 23.7 Å². The van der Waals surface area contributed by atoms with Gasteiger partial charge in [-0.25, -0.2) is 4.98 Å². The summed E-state index contributed by atoms with van der Waals surface area (Å²) in [7, 11) is 1.63. The zero-order chi connectivity index (χ0) is 15.1. The molecule has 2 heterocycles. The molecule has 1 aliphatic rings. The third-order valence-corrected chi connectivity index (χ3v) is 4.79. The first-order valence-corrected chi connectivity index (χ1v) is 8.53. The van der Waals surface area contributed by atoms with Gasteiger partial charge in [-0.2, -0.15) is 0 Å². The van der Waals surface area contributed by atoms with Crippen molar-refractivity contribution in [2.45, 2.75) is 32.7 Å². The van der Waals surface area contributed by atoms with Crippen LogP contribution in [0.15, 0.2) is 5.38 Å². The predicted octanol–water partition coefficient (Wildman–Crippen LogP) is 1.78. The van der Waals surface area contributed by atoms with Gasteiger partial charge in [-0.15, -0.1) is 11.3 Å². The second kappa shape index (κ2) is 8.46. The Morgan fingerprint density at radius 1 is 1.38 bits per heavy atom. The van der Waals surface area contributed by atoms with Crippen LogP contribution in [-0.4, -0.2) is 60.6 Å². The third-order valence-electron chi connectivity index (χ3n) is 3.75. The van der Waals surface area contributed by atoms with Crippen LogP contribution in [0.3, 0.4) is 0 Å². The number of carbonyl (C=O) groups is 1. The Balaban J connectivity index is 1.81. The van der Waals surface area contributed by atoms with E-state index in [0.29, 0.717) is 13.0 Å². The molecule has 0 saturated carbocycles. The van der Waals surface area contributed by atoms with E-state index in [4.69, 9.17) is 4.74 Å². The summed E-state index contributed by atoms with van der Waals surface area (Å²) in [5, 5.41) is 3.36. The maximum absolute atomic E-state index is 12.0. The van der Waals surface area contributed by atoms with Crippen molar-refractivity contribution >= 4 is 17.2 Å². The maximum Gasteiger partial charge on any atom is 0.224 e. The fourth-order valence-corrected chi connectivity index (χ4v) is 3.27. The Labute approximate surface area is 130 Å². The van der Waals surface area contributed by atoms with E-state index in [1.165, 1.54) is 5.01 Å². The lowest BCUT2D eigenvalue weighted by atomic mass is 10.3. The highest BCUT2D eigenvalue weighted by atomic mass is 32.1. The van der Waals surface area contributed by atoms with Crippen molar-refractivity contribution in [3.05, 3.63) is 16.1 Å². The minimum atomic E-state index is 0.209. The zero-order valence-electron chi connectivity index (χ0n) is 13.0. The van der Waals surface area contributed by atoms with Crippen molar-refractivity contribution < 1.29 is 9.53 Å². The van der Waals surface area contributed by atoms with E-state index in [-0.39, 0.29) is 5.91 Å². The highest BCUT2D eigenvalue weighted by Gasteiger charge is 2.19. The number of nitrogens with zero attached hydrogens (tertiary/aromatic N) is 3. The normalized spacial score (nSPS) is 17.0. The molecule has 0 unspecified atom stereocenters. The van der Waals surface area contributed by atoms with Crippen LogP contribution in [0.25, 0.3) is 0 Å². The van der Waals surface area contributed by atoms with E-state index in [1.807, 2.05) is 4.90 Å². The average Bonchev–Trinajstić information content (AvgIpc) is 2.82. The van der Waals surface area contributed by atoms with Crippen LogP contribution < -0.4 is 0 Å². The van der Waals surface area contributed by atoms with Gasteiger partial charge < -0.3 is 9.64 Å². The predicted molar refractivity (Wildman–Crippen MR) is 84.5 cm³/mol. The quantitative estimate of drug-likeness (QED) is 0.803. The van der Waals surface area contributed by atoms with Crippen molar-refractivity contribution in [2.24, 2.45) is 0 Å². The summed E-state index contributed by atoms with van der Waals surface area (Å²) in [6, 6.07) is 0. The number of rotatable bonds is 6. The van der Waals surface area contributed by atoms with E-state index < -0.39 is 0 Å². The van der Waals surface area contributed by atoms with Gasteiger partial charge in [-0.3, -0.25) is 9.69 Å². The molecule has 0 spiro atoms. The van der Waals surface area contributed by atoms with Crippen LogP contribution in [0, 0.1) is 0 Å². The monoisotopic (exact) mass is 311 g/mol. The number of amides is 1. The van der Waals surface area contributed by atoms with E-state index in [0.717, 1.165) is 51.3 Å². The van der Waals surface area contributed by atoms with E-state index >= 15 is 0 Å². The summed E-state index contributed by atoms with van der Waals surface area (Å²) in [4.78, 5) is 21.0. The van der Waals surface area contributed by atoms with Gasteiger partial charge >= 0.3 is 0 Å². The van der Waals surface area contributed by atoms with Gasteiger partial charge in [-0.1, -0.05) is 6.92 Å². The summed E-state index contributed by atoms with van der Waals surface area (Å²) in [6.07, 6.45) is 2.53. The number of hydrogen-bond donors (Lipinski definition) is 0. The minimum Gasteiger partial charge on any atom is -0.384 e. The molecule has 1 aromatic heterocycles. The lowest BCUT2D eigenvalue weighted by Crippen LogP contribution is -2.35. The summed E-state index contributed by atoms with van der Waals surface area (Å²) in [6.45, 7) is 7.18. The van der Waals surface area contributed by atoms with Crippen molar-refractivity contribution in [3.8, 4) is 0 Å². The van der Waals surface area contributed by atoms with Crippen molar-refractivity contribution in [1.29, 1.82) is 0 Å². The van der Waals surface area contributed by atoms with Crippen LogP contribution >= 0.6 is 11.3 Å². The number of thiazole rings is 1. The lowest BCUT2D eigenvalue weighted by molar-refractivity contribution is -0.132. The number of hydrogen-bond acceptors (Lipinski definition) is 5. The number of aromatic nitrogens is 1. The van der Waals surface area contributed by atoms with E-state index in [9.17, 15) is 4.79 Å². The molecular weight excluding hydrogens is 286 g/mol. The van der Waals surface area contributed by atoms with Gasteiger partial charge in [0.1, 0.15) is 0 Å². The van der Waals surface area contributed by atoms with Gasteiger partial charge in [-0.05, 0) is 12.8 Å². The van der Waals surface area contributed by atoms with Crippen molar-refractivity contribution in [3.63, 3.8) is 0 Å². The third kappa shape index (κ3) is 5.05. The molecule has 0 radical (unpaired) electrons. The molecular formula is C15H25N3O2S. The SMILES string of the molecule is CCc1nc(CN2CCCN(C(=O)CCOC)CC2)cs1. The molecule has 118 valence electrons. The molecule has 0 atom stereocenters. The van der Waals surface area contributed by atoms with Crippen molar-refractivity contribution in [1.82, 2.24) is 14.8 Å². The second-order valence-electron chi connectivity index (χ2n) is 5.34. The van der Waals surface area contributed by atoms with Gasteiger partial charge in [0.25, 0.3) is 0 Å². The molecule has 0 aliphatic carbocycles. The molecule has 1 fully saturated rings. The minimum absolute atomic E-state index is 0.209. The fraction of sp³-hybridized carbons (Fsp3) is 0.733. The van der Waals surface area contributed by atoms with Crippen LogP contribution in [0.2, 0.25) is 0 Å². The van der Waals surface area contributed by atoms with Crippen molar-refractivity contribution in [2.75, 3.05) is 39.9 Å². The highest BCUT2D eigenvalue weighted by Crippen LogP contribution is 2.14. The molecule has 0 bridgehead atoms. The highest BCUT2D eigenvalue weighted by molar-refractivity contribution is 7.09. The van der Waals surface area contributed by atoms with E-state index in [2.05, 4.69) is 22.2 Å².